The number of anilines is 3. The van der Waals surface area contributed by atoms with E-state index in [-0.39, 0.29) is 0 Å². The standard InChI is InChI=1S/C40H25NS2/c1-2-9-26(10-3-1)27-11-8-12-30(21-27)41(32-19-20-35-33-13-4-6-15-37(33)43-40(35)25-32)31-18-17-28-24-39-36(23-29(28)22-31)34-14-5-7-16-38(34)42-39/h1-25H. The molecule has 9 rings (SSSR count). The maximum Gasteiger partial charge on any atom is 0.0476 e. The number of nitrogens with zero attached hydrogens (tertiary/aromatic N) is 1. The average Bonchev–Trinajstić information content (AvgIpc) is 3.62. The van der Waals surface area contributed by atoms with Crippen LogP contribution in [0.1, 0.15) is 0 Å². The summed E-state index contributed by atoms with van der Waals surface area (Å²) in [6, 6.07) is 55.5. The number of benzene rings is 7. The van der Waals surface area contributed by atoms with E-state index in [2.05, 4.69) is 157 Å². The van der Waals surface area contributed by atoms with Crippen LogP contribution in [0.3, 0.4) is 0 Å². The molecule has 0 spiro atoms. The molecule has 0 amide bonds. The summed E-state index contributed by atoms with van der Waals surface area (Å²) in [6.07, 6.45) is 0. The quantitative estimate of drug-likeness (QED) is 0.199. The topological polar surface area (TPSA) is 3.24 Å². The Morgan fingerprint density at radius 1 is 0.326 bits per heavy atom. The van der Waals surface area contributed by atoms with Gasteiger partial charge in [0, 0.05) is 57.4 Å². The summed E-state index contributed by atoms with van der Waals surface area (Å²) in [7, 11) is 0. The maximum absolute atomic E-state index is 2.41. The summed E-state index contributed by atoms with van der Waals surface area (Å²) in [5.41, 5.74) is 5.87. The van der Waals surface area contributed by atoms with Gasteiger partial charge < -0.3 is 4.90 Å². The highest BCUT2D eigenvalue weighted by atomic mass is 32.1. The Balaban J connectivity index is 1.26. The average molecular weight is 584 g/mol. The molecule has 3 heteroatoms. The molecule has 0 aliphatic rings. The van der Waals surface area contributed by atoms with Crippen molar-refractivity contribution < 1.29 is 0 Å². The molecule has 0 bridgehead atoms. The lowest BCUT2D eigenvalue weighted by molar-refractivity contribution is 1.30. The fourth-order valence-corrected chi connectivity index (χ4v) is 8.63. The Labute approximate surface area is 257 Å². The van der Waals surface area contributed by atoms with Crippen LogP contribution in [0.2, 0.25) is 0 Å². The van der Waals surface area contributed by atoms with Gasteiger partial charge in [-0.15, -0.1) is 22.7 Å². The van der Waals surface area contributed by atoms with Gasteiger partial charge in [-0.25, -0.2) is 0 Å². The number of fused-ring (bicyclic) bond motifs is 7. The van der Waals surface area contributed by atoms with Crippen LogP contribution in [0.5, 0.6) is 0 Å². The van der Waals surface area contributed by atoms with E-state index < -0.39 is 0 Å². The second-order valence-corrected chi connectivity index (χ2v) is 13.2. The molecule has 9 aromatic rings. The smallest absolute Gasteiger partial charge is 0.0476 e. The van der Waals surface area contributed by atoms with Gasteiger partial charge in [0.15, 0.2) is 0 Å². The minimum absolute atomic E-state index is 1.14. The molecule has 7 aromatic carbocycles. The Morgan fingerprint density at radius 3 is 1.74 bits per heavy atom. The van der Waals surface area contributed by atoms with E-state index in [1.807, 2.05) is 22.7 Å². The van der Waals surface area contributed by atoms with Crippen LogP contribution in [0, 0.1) is 0 Å². The lowest BCUT2D eigenvalue weighted by atomic mass is 10.0. The molecule has 0 aliphatic heterocycles. The number of hydrogen-bond acceptors (Lipinski definition) is 3. The number of hydrogen-bond donors (Lipinski definition) is 0. The molecule has 0 radical (unpaired) electrons. The van der Waals surface area contributed by atoms with Crippen molar-refractivity contribution in [2.75, 3.05) is 4.90 Å². The van der Waals surface area contributed by atoms with Crippen molar-refractivity contribution in [2.45, 2.75) is 0 Å². The molecule has 0 N–H and O–H groups in total. The van der Waals surface area contributed by atoms with Crippen molar-refractivity contribution in [3.05, 3.63) is 152 Å². The summed E-state index contributed by atoms with van der Waals surface area (Å²) >= 11 is 3.74. The SMILES string of the molecule is c1ccc(-c2cccc(N(c3ccc4cc5sc6ccccc6c5cc4c3)c3ccc4c(c3)sc3ccccc34)c2)cc1. The predicted octanol–water partition coefficient (Wildman–Crippen LogP) is 12.7. The zero-order valence-corrected chi connectivity index (χ0v) is 24.8. The third-order valence-corrected chi connectivity index (χ3v) is 10.7. The highest BCUT2D eigenvalue weighted by Gasteiger charge is 2.17. The van der Waals surface area contributed by atoms with E-state index in [1.165, 1.54) is 62.2 Å². The van der Waals surface area contributed by atoms with Crippen molar-refractivity contribution in [3.63, 3.8) is 0 Å². The summed E-state index contributed by atoms with van der Waals surface area (Å²) < 4.78 is 5.30. The Kier molecular flexibility index (Phi) is 5.62. The maximum atomic E-state index is 2.41. The van der Waals surface area contributed by atoms with Crippen molar-refractivity contribution in [2.24, 2.45) is 0 Å². The van der Waals surface area contributed by atoms with Gasteiger partial charge in [0.2, 0.25) is 0 Å². The zero-order chi connectivity index (χ0) is 28.3. The summed E-state index contributed by atoms with van der Waals surface area (Å²) in [4.78, 5) is 2.41. The second-order valence-electron chi connectivity index (χ2n) is 11.0. The number of rotatable bonds is 4. The van der Waals surface area contributed by atoms with Crippen LogP contribution in [0.4, 0.5) is 17.1 Å². The fraction of sp³-hybridized carbons (Fsp3) is 0. The highest BCUT2D eigenvalue weighted by molar-refractivity contribution is 7.26. The van der Waals surface area contributed by atoms with Crippen LogP contribution in [0.25, 0.3) is 62.2 Å². The molecular formula is C40H25NS2. The largest absolute Gasteiger partial charge is 0.310 e. The van der Waals surface area contributed by atoms with Crippen molar-refractivity contribution in [1.29, 1.82) is 0 Å². The molecule has 0 aliphatic carbocycles. The molecule has 43 heavy (non-hydrogen) atoms. The molecule has 0 saturated carbocycles. The number of thiophene rings is 2. The van der Waals surface area contributed by atoms with E-state index in [9.17, 15) is 0 Å². The Morgan fingerprint density at radius 2 is 0.930 bits per heavy atom. The highest BCUT2D eigenvalue weighted by Crippen LogP contribution is 2.43. The first-order chi connectivity index (χ1) is 21.3. The van der Waals surface area contributed by atoms with Gasteiger partial charge in [0.25, 0.3) is 0 Å². The predicted molar refractivity (Wildman–Crippen MR) is 190 cm³/mol. The first-order valence-corrected chi connectivity index (χ1v) is 16.1. The third-order valence-electron chi connectivity index (χ3n) is 8.41. The lowest BCUT2D eigenvalue weighted by Crippen LogP contribution is -2.10. The third kappa shape index (κ3) is 4.12. The van der Waals surface area contributed by atoms with E-state index in [0.717, 1.165) is 17.1 Å². The first-order valence-electron chi connectivity index (χ1n) is 14.5. The Hall–Kier alpha value is -4.96. The zero-order valence-electron chi connectivity index (χ0n) is 23.2. The molecule has 1 nitrogen and oxygen atoms in total. The molecule has 2 aromatic heterocycles. The molecule has 0 unspecified atom stereocenters. The molecule has 0 fully saturated rings. The molecule has 0 atom stereocenters. The van der Waals surface area contributed by atoms with Crippen LogP contribution >= 0.6 is 22.7 Å². The minimum Gasteiger partial charge on any atom is -0.310 e. The van der Waals surface area contributed by atoms with Gasteiger partial charge in [-0.3, -0.25) is 0 Å². The van der Waals surface area contributed by atoms with Crippen molar-refractivity contribution in [3.8, 4) is 11.1 Å². The second kappa shape index (κ2) is 9.81. The van der Waals surface area contributed by atoms with Gasteiger partial charge >= 0.3 is 0 Å². The normalized spacial score (nSPS) is 11.7. The molecule has 202 valence electrons. The summed E-state index contributed by atoms with van der Waals surface area (Å²) in [5.74, 6) is 0. The monoisotopic (exact) mass is 583 g/mol. The first kappa shape index (κ1) is 24.6. The van der Waals surface area contributed by atoms with E-state index in [0.29, 0.717) is 0 Å². The van der Waals surface area contributed by atoms with Gasteiger partial charge in [-0.2, -0.15) is 0 Å². The summed E-state index contributed by atoms with van der Waals surface area (Å²) in [6.45, 7) is 0. The van der Waals surface area contributed by atoms with Crippen molar-refractivity contribution in [1.82, 2.24) is 0 Å². The molecule has 0 saturated heterocycles. The van der Waals surface area contributed by atoms with Gasteiger partial charge in [-0.05, 0) is 82.6 Å². The summed E-state index contributed by atoms with van der Waals surface area (Å²) in [5, 5.41) is 7.81. The van der Waals surface area contributed by atoms with Crippen LogP contribution in [0.15, 0.2) is 152 Å². The van der Waals surface area contributed by atoms with Gasteiger partial charge in [0.1, 0.15) is 0 Å². The van der Waals surface area contributed by atoms with Crippen LogP contribution in [-0.4, -0.2) is 0 Å². The fourth-order valence-electron chi connectivity index (χ4n) is 6.35. The van der Waals surface area contributed by atoms with Crippen LogP contribution < -0.4 is 4.90 Å². The van der Waals surface area contributed by atoms with Gasteiger partial charge in [-0.1, -0.05) is 91.0 Å². The Bertz CT molecular complexity index is 2470. The van der Waals surface area contributed by atoms with E-state index in [4.69, 9.17) is 0 Å². The molecular weight excluding hydrogens is 559 g/mol. The van der Waals surface area contributed by atoms with E-state index in [1.54, 1.807) is 0 Å². The van der Waals surface area contributed by atoms with Crippen LogP contribution in [-0.2, 0) is 0 Å². The van der Waals surface area contributed by atoms with E-state index >= 15 is 0 Å². The van der Waals surface area contributed by atoms with Crippen molar-refractivity contribution >= 4 is 90.9 Å². The minimum atomic E-state index is 1.14. The lowest BCUT2D eigenvalue weighted by Gasteiger charge is -2.26. The van der Waals surface area contributed by atoms with Gasteiger partial charge in [0.05, 0.1) is 0 Å². The molecule has 2 heterocycles.